The van der Waals surface area contributed by atoms with E-state index >= 15 is 0 Å². The Morgan fingerprint density at radius 1 is 1.35 bits per heavy atom. The minimum atomic E-state index is -3.72. The zero-order valence-electron chi connectivity index (χ0n) is 13.5. The first-order valence-electron chi connectivity index (χ1n) is 7.71. The summed E-state index contributed by atoms with van der Waals surface area (Å²) < 4.78 is 30.5. The predicted octanol–water partition coefficient (Wildman–Crippen LogP) is 2.61. The number of fused-ring (bicyclic) bond motifs is 1. The SMILES string of the molecule is CCCCn1c(SCCOCC)nc2cc(S(N)(=O)=O)ccc21. The average molecular weight is 358 g/mol. The van der Waals surface area contributed by atoms with Crippen molar-refractivity contribution in [3.63, 3.8) is 0 Å². The van der Waals surface area contributed by atoms with Crippen LogP contribution in [0.5, 0.6) is 0 Å². The highest BCUT2D eigenvalue weighted by Gasteiger charge is 2.15. The fourth-order valence-corrected chi connectivity index (χ4v) is 3.67. The molecule has 0 fully saturated rings. The second-order valence-electron chi connectivity index (χ2n) is 5.14. The zero-order valence-corrected chi connectivity index (χ0v) is 15.1. The lowest BCUT2D eigenvalue weighted by Crippen LogP contribution is -2.11. The minimum Gasteiger partial charge on any atom is -0.381 e. The van der Waals surface area contributed by atoms with Crippen LogP contribution in [0.25, 0.3) is 11.0 Å². The number of hydrogen-bond donors (Lipinski definition) is 1. The van der Waals surface area contributed by atoms with Crippen LogP contribution < -0.4 is 5.14 Å². The van der Waals surface area contributed by atoms with Gasteiger partial charge in [-0.25, -0.2) is 18.5 Å². The fourth-order valence-electron chi connectivity index (χ4n) is 2.24. The molecule has 1 aromatic carbocycles. The van der Waals surface area contributed by atoms with Crippen molar-refractivity contribution in [1.29, 1.82) is 0 Å². The van der Waals surface area contributed by atoms with E-state index in [4.69, 9.17) is 9.88 Å². The van der Waals surface area contributed by atoms with Gasteiger partial charge in [-0.2, -0.15) is 0 Å². The van der Waals surface area contributed by atoms with Gasteiger partial charge in [-0.1, -0.05) is 25.1 Å². The highest BCUT2D eigenvalue weighted by atomic mass is 32.2. The number of benzene rings is 1. The number of imidazole rings is 1. The van der Waals surface area contributed by atoms with Crippen molar-refractivity contribution in [2.75, 3.05) is 19.0 Å². The van der Waals surface area contributed by atoms with E-state index in [0.717, 1.165) is 35.8 Å². The molecule has 2 aromatic rings. The number of ether oxygens (including phenoxy) is 1. The van der Waals surface area contributed by atoms with E-state index in [1.165, 1.54) is 6.07 Å². The number of unbranched alkanes of at least 4 members (excludes halogenated alkanes) is 1. The highest BCUT2D eigenvalue weighted by Crippen LogP contribution is 2.26. The van der Waals surface area contributed by atoms with E-state index in [1.54, 1.807) is 23.9 Å². The lowest BCUT2D eigenvalue weighted by atomic mass is 10.3. The van der Waals surface area contributed by atoms with Crippen LogP contribution in [-0.4, -0.2) is 36.9 Å². The van der Waals surface area contributed by atoms with Crippen molar-refractivity contribution in [1.82, 2.24) is 9.55 Å². The molecule has 0 saturated heterocycles. The van der Waals surface area contributed by atoms with E-state index in [9.17, 15) is 8.42 Å². The van der Waals surface area contributed by atoms with Crippen molar-refractivity contribution in [2.24, 2.45) is 5.14 Å². The van der Waals surface area contributed by atoms with Gasteiger partial charge >= 0.3 is 0 Å². The smallest absolute Gasteiger partial charge is 0.238 e. The Hall–Kier alpha value is -1.09. The molecule has 128 valence electrons. The van der Waals surface area contributed by atoms with Gasteiger partial charge in [0.2, 0.25) is 10.0 Å². The Morgan fingerprint density at radius 3 is 2.78 bits per heavy atom. The standard InChI is InChI=1S/C15H23N3O3S2/c1-3-5-8-18-14-7-6-12(23(16,19)20)11-13(14)17-15(18)22-10-9-21-4-2/h6-7,11H,3-5,8-10H2,1-2H3,(H2,16,19,20). The van der Waals surface area contributed by atoms with Crippen molar-refractivity contribution >= 4 is 32.8 Å². The molecule has 0 unspecified atom stereocenters. The molecule has 0 bridgehead atoms. The highest BCUT2D eigenvalue weighted by molar-refractivity contribution is 7.99. The average Bonchev–Trinajstić information content (AvgIpc) is 2.85. The third-order valence-corrected chi connectivity index (χ3v) is 5.26. The van der Waals surface area contributed by atoms with Crippen LogP contribution in [0.2, 0.25) is 0 Å². The number of aryl methyl sites for hydroxylation is 1. The van der Waals surface area contributed by atoms with Crippen molar-refractivity contribution < 1.29 is 13.2 Å². The second-order valence-corrected chi connectivity index (χ2v) is 7.76. The van der Waals surface area contributed by atoms with E-state index in [2.05, 4.69) is 16.5 Å². The number of nitrogens with zero attached hydrogens (tertiary/aromatic N) is 2. The topological polar surface area (TPSA) is 87.2 Å². The second kappa shape index (κ2) is 8.14. The Balaban J connectivity index is 2.35. The molecule has 8 heteroatoms. The Bertz CT molecular complexity index is 757. The van der Waals surface area contributed by atoms with E-state index in [1.807, 2.05) is 6.92 Å². The molecule has 0 aliphatic heterocycles. The largest absolute Gasteiger partial charge is 0.381 e. The first-order valence-corrected chi connectivity index (χ1v) is 10.2. The predicted molar refractivity (Wildman–Crippen MR) is 93.2 cm³/mol. The normalized spacial score (nSPS) is 12.1. The van der Waals surface area contributed by atoms with Crippen LogP contribution in [0.3, 0.4) is 0 Å². The van der Waals surface area contributed by atoms with Crippen LogP contribution in [0, 0.1) is 0 Å². The molecule has 0 amide bonds. The molecule has 0 radical (unpaired) electrons. The summed E-state index contributed by atoms with van der Waals surface area (Å²) >= 11 is 1.62. The maximum Gasteiger partial charge on any atom is 0.238 e. The summed E-state index contributed by atoms with van der Waals surface area (Å²) in [6.07, 6.45) is 2.12. The summed E-state index contributed by atoms with van der Waals surface area (Å²) in [6.45, 7) is 6.33. The summed E-state index contributed by atoms with van der Waals surface area (Å²) in [5.74, 6) is 0.811. The molecule has 23 heavy (non-hydrogen) atoms. The summed E-state index contributed by atoms with van der Waals surface area (Å²) in [6, 6.07) is 4.86. The maximum absolute atomic E-state index is 11.5. The molecule has 0 atom stereocenters. The quantitative estimate of drug-likeness (QED) is 0.550. The molecule has 6 nitrogen and oxygen atoms in total. The molecule has 1 heterocycles. The van der Waals surface area contributed by atoms with Crippen molar-refractivity contribution in [3.05, 3.63) is 18.2 Å². The monoisotopic (exact) mass is 357 g/mol. The first kappa shape index (κ1) is 18.3. The molecule has 0 saturated carbocycles. The number of thioether (sulfide) groups is 1. The van der Waals surface area contributed by atoms with Gasteiger partial charge < -0.3 is 9.30 Å². The van der Waals surface area contributed by atoms with Gasteiger partial charge in [-0.05, 0) is 31.5 Å². The molecular formula is C15H23N3O3S2. The van der Waals surface area contributed by atoms with Crippen LogP contribution in [-0.2, 0) is 21.3 Å². The van der Waals surface area contributed by atoms with Gasteiger partial charge in [0.1, 0.15) is 0 Å². The fraction of sp³-hybridized carbons (Fsp3) is 0.533. The summed E-state index contributed by atoms with van der Waals surface area (Å²) in [5, 5.41) is 6.09. The van der Waals surface area contributed by atoms with Gasteiger partial charge in [0.25, 0.3) is 0 Å². The Kier molecular flexibility index (Phi) is 6.46. The van der Waals surface area contributed by atoms with Crippen molar-refractivity contribution in [3.8, 4) is 0 Å². The molecule has 2 N–H and O–H groups in total. The first-order chi connectivity index (χ1) is 11.0. The van der Waals surface area contributed by atoms with Crippen LogP contribution in [0.1, 0.15) is 26.7 Å². The maximum atomic E-state index is 11.5. The van der Waals surface area contributed by atoms with Gasteiger partial charge in [-0.3, -0.25) is 0 Å². The molecule has 0 aliphatic carbocycles. The number of hydrogen-bond acceptors (Lipinski definition) is 5. The van der Waals surface area contributed by atoms with Crippen LogP contribution >= 0.6 is 11.8 Å². The lowest BCUT2D eigenvalue weighted by molar-refractivity contribution is 0.164. The van der Waals surface area contributed by atoms with Gasteiger partial charge in [0, 0.05) is 18.9 Å². The van der Waals surface area contributed by atoms with Crippen LogP contribution in [0.4, 0.5) is 0 Å². The van der Waals surface area contributed by atoms with Gasteiger partial charge in [0.15, 0.2) is 5.16 Å². The summed E-state index contributed by atoms with van der Waals surface area (Å²) in [7, 11) is -3.72. The van der Waals surface area contributed by atoms with E-state index in [0.29, 0.717) is 18.7 Å². The van der Waals surface area contributed by atoms with Crippen molar-refractivity contribution in [2.45, 2.75) is 43.3 Å². The number of rotatable bonds is 9. The van der Waals surface area contributed by atoms with Crippen LogP contribution in [0.15, 0.2) is 28.3 Å². The molecule has 0 spiro atoms. The Labute approximate surface area is 141 Å². The van der Waals surface area contributed by atoms with E-state index in [-0.39, 0.29) is 4.90 Å². The van der Waals surface area contributed by atoms with Gasteiger partial charge in [0.05, 0.1) is 22.5 Å². The zero-order chi connectivity index (χ0) is 16.9. The number of sulfonamides is 1. The Morgan fingerprint density at radius 2 is 2.13 bits per heavy atom. The lowest BCUT2D eigenvalue weighted by Gasteiger charge is -2.08. The third-order valence-electron chi connectivity index (χ3n) is 3.41. The molecule has 2 rings (SSSR count). The summed E-state index contributed by atoms with van der Waals surface area (Å²) in [5.41, 5.74) is 1.59. The third kappa shape index (κ3) is 4.69. The molecule has 1 aromatic heterocycles. The number of primary sulfonamides is 1. The number of nitrogens with two attached hydrogens (primary N) is 1. The van der Waals surface area contributed by atoms with Gasteiger partial charge in [-0.15, -0.1) is 0 Å². The molecule has 0 aliphatic rings. The minimum absolute atomic E-state index is 0.0935. The number of aromatic nitrogens is 2. The van der Waals surface area contributed by atoms with E-state index < -0.39 is 10.0 Å². The molecular weight excluding hydrogens is 334 g/mol. The summed E-state index contributed by atoms with van der Waals surface area (Å²) in [4.78, 5) is 4.68.